The number of nitrogens with one attached hydrogen (secondary N) is 1. The highest BCUT2D eigenvalue weighted by Gasteiger charge is 2.20. The van der Waals surface area contributed by atoms with E-state index in [1.807, 2.05) is 12.1 Å². The first-order valence-corrected chi connectivity index (χ1v) is 9.85. The van der Waals surface area contributed by atoms with Crippen molar-refractivity contribution < 1.29 is 14.3 Å². The van der Waals surface area contributed by atoms with Gasteiger partial charge in [-0.25, -0.2) is 0 Å². The standard InChI is InChI=1S/C22H24N4O3/c23-16-17-1-3-18(4-2-17)22(27)24-20-6-5-19(25-7-11-28-12-8-25)15-21(20)26-9-13-29-14-10-26/h1-6,15H,7-14H2,(H,24,27). The number of carbonyl (C=O) groups excluding carboxylic acids is 1. The van der Waals surface area contributed by atoms with Crippen LogP contribution in [0.3, 0.4) is 0 Å². The molecule has 0 saturated carbocycles. The van der Waals surface area contributed by atoms with Gasteiger partial charge in [-0.2, -0.15) is 5.26 Å². The Kier molecular flexibility index (Phi) is 5.94. The zero-order valence-electron chi connectivity index (χ0n) is 16.3. The molecule has 0 radical (unpaired) electrons. The number of nitrogens with zero attached hydrogens (tertiary/aromatic N) is 3. The average Bonchev–Trinajstić information content (AvgIpc) is 2.80. The third kappa shape index (κ3) is 4.50. The number of carbonyl (C=O) groups is 1. The summed E-state index contributed by atoms with van der Waals surface area (Å²) in [6.45, 7) is 6.08. The lowest BCUT2D eigenvalue weighted by Crippen LogP contribution is -2.38. The van der Waals surface area contributed by atoms with Crippen LogP contribution in [0.5, 0.6) is 0 Å². The lowest BCUT2D eigenvalue weighted by molar-refractivity contribution is 0.102. The minimum absolute atomic E-state index is 0.192. The average molecular weight is 392 g/mol. The second-order valence-electron chi connectivity index (χ2n) is 7.04. The number of hydrogen-bond donors (Lipinski definition) is 1. The van der Waals surface area contributed by atoms with Gasteiger partial charge in [-0.15, -0.1) is 0 Å². The molecule has 4 rings (SSSR count). The van der Waals surface area contributed by atoms with E-state index in [9.17, 15) is 4.79 Å². The highest BCUT2D eigenvalue weighted by atomic mass is 16.5. The number of morpholine rings is 2. The summed E-state index contributed by atoms with van der Waals surface area (Å²) in [5.41, 5.74) is 3.96. The lowest BCUT2D eigenvalue weighted by Gasteiger charge is -2.33. The van der Waals surface area contributed by atoms with Gasteiger partial charge in [0.2, 0.25) is 0 Å². The van der Waals surface area contributed by atoms with Crippen LogP contribution in [0.25, 0.3) is 0 Å². The number of benzene rings is 2. The second kappa shape index (κ2) is 8.95. The molecule has 150 valence electrons. The first-order chi connectivity index (χ1) is 14.2. The van der Waals surface area contributed by atoms with E-state index in [2.05, 4.69) is 27.3 Å². The van der Waals surface area contributed by atoms with E-state index >= 15 is 0 Å². The van der Waals surface area contributed by atoms with Crippen LogP contribution in [0.4, 0.5) is 17.1 Å². The molecule has 7 heteroatoms. The molecule has 0 atom stereocenters. The molecule has 2 aromatic rings. The highest BCUT2D eigenvalue weighted by molar-refractivity contribution is 6.06. The molecule has 29 heavy (non-hydrogen) atoms. The van der Waals surface area contributed by atoms with Gasteiger partial charge in [0.1, 0.15) is 0 Å². The van der Waals surface area contributed by atoms with Crippen LogP contribution >= 0.6 is 0 Å². The fourth-order valence-electron chi connectivity index (χ4n) is 3.60. The number of amides is 1. The summed E-state index contributed by atoms with van der Waals surface area (Å²) < 4.78 is 11.0. The largest absolute Gasteiger partial charge is 0.378 e. The van der Waals surface area contributed by atoms with Crippen molar-refractivity contribution in [1.29, 1.82) is 5.26 Å². The van der Waals surface area contributed by atoms with Gasteiger partial charge in [0.15, 0.2) is 0 Å². The van der Waals surface area contributed by atoms with Crippen LogP contribution in [0, 0.1) is 11.3 Å². The molecule has 2 aliphatic rings. The third-order valence-corrected chi connectivity index (χ3v) is 5.23. The first kappa shape index (κ1) is 19.2. The molecule has 1 N–H and O–H groups in total. The molecule has 0 bridgehead atoms. The van der Waals surface area contributed by atoms with Gasteiger partial charge < -0.3 is 24.6 Å². The van der Waals surface area contributed by atoms with Crippen LogP contribution in [-0.4, -0.2) is 58.5 Å². The highest BCUT2D eigenvalue weighted by Crippen LogP contribution is 2.32. The molecule has 1 amide bonds. The second-order valence-corrected chi connectivity index (χ2v) is 7.04. The van der Waals surface area contributed by atoms with Crippen LogP contribution in [0.2, 0.25) is 0 Å². The van der Waals surface area contributed by atoms with E-state index in [0.29, 0.717) is 24.3 Å². The summed E-state index contributed by atoms with van der Waals surface area (Å²) in [7, 11) is 0. The van der Waals surface area contributed by atoms with Crippen molar-refractivity contribution in [1.82, 2.24) is 0 Å². The van der Waals surface area contributed by atoms with Crippen molar-refractivity contribution in [2.75, 3.05) is 67.7 Å². The summed E-state index contributed by atoms with van der Waals surface area (Å²) in [5.74, 6) is -0.192. The van der Waals surface area contributed by atoms with Gasteiger partial charge in [-0.3, -0.25) is 4.79 Å². The number of hydrogen-bond acceptors (Lipinski definition) is 6. The van der Waals surface area contributed by atoms with Crippen LogP contribution in [0.1, 0.15) is 15.9 Å². The normalized spacial score (nSPS) is 16.9. The Bertz CT molecular complexity index is 895. The zero-order chi connectivity index (χ0) is 20.1. The maximum Gasteiger partial charge on any atom is 0.255 e. The molecule has 0 unspecified atom stereocenters. The fraction of sp³-hybridized carbons (Fsp3) is 0.364. The maximum absolute atomic E-state index is 12.8. The predicted octanol–water partition coefficient (Wildman–Crippen LogP) is 2.48. The van der Waals surface area contributed by atoms with Gasteiger partial charge in [-0.1, -0.05) is 0 Å². The molecule has 0 aromatic heterocycles. The van der Waals surface area contributed by atoms with Gasteiger partial charge >= 0.3 is 0 Å². The fourth-order valence-corrected chi connectivity index (χ4v) is 3.60. The molecule has 2 fully saturated rings. The molecule has 2 aromatic carbocycles. The minimum Gasteiger partial charge on any atom is -0.378 e. The van der Waals surface area contributed by atoms with E-state index < -0.39 is 0 Å². The predicted molar refractivity (Wildman–Crippen MR) is 112 cm³/mol. The number of ether oxygens (including phenoxy) is 2. The molecular weight excluding hydrogens is 368 g/mol. The van der Waals surface area contributed by atoms with E-state index in [-0.39, 0.29) is 5.91 Å². The molecular formula is C22H24N4O3. The van der Waals surface area contributed by atoms with Crippen LogP contribution in [-0.2, 0) is 9.47 Å². The SMILES string of the molecule is N#Cc1ccc(C(=O)Nc2ccc(N3CCOCC3)cc2N2CCOCC2)cc1. The Morgan fingerprint density at radius 3 is 2.14 bits per heavy atom. The third-order valence-electron chi connectivity index (χ3n) is 5.23. The summed E-state index contributed by atoms with van der Waals surface area (Å²) in [4.78, 5) is 17.3. The minimum atomic E-state index is -0.192. The molecule has 2 saturated heterocycles. The Hall–Kier alpha value is -3.08. The Morgan fingerprint density at radius 1 is 0.897 bits per heavy atom. The van der Waals surface area contributed by atoms with Crippen molar-refractivity contribution in [2.24, 2.45) is 0 Å². The molecule has 2 heterocycles. The molecule has 0 spiro atoms. The van der Waals surface area contributed by atoms with Crippen LogP contribution < -0.4 is 15.1 Å². The Balaban J connectivity index is 1.60. The summed E-state index contributed by atoms with van der Waals surface area (Å²) in [6, 6.07) is 14.9. The molecule has 0 aliphatic carbocycles. The van der Waals surface area contributed by atoms with Gasteiger partial charge in [0.25, 0.3) is 5.91 Å². The smallest absolute Gasteiger partial charge is 0.255 e. The van der Waals surface area contributed by atoms with Gasteiger partial charge in [0.05, 0.1) is 49.4 Å². The maximum atomic E-state index is 12.8. The zero-order valence-corrected chi connectivity index (χ0v) is 16.3. The number of rotatable bonds is 4. The quantitative estimate of drug-likeness (QED) is 0.861. The summed E-state index contributed by atoms with van der Waals surface area (Å²) in [5, 5.41) is 12.0. The van der Waals surface area contributed by atoms with Crippen molar-refractivity contribution in [3.8, 4) is 6.07 Å². The number of anilines is 3. The number of nitriles is 1. The van der Waals surface area contributed by atoms with Crippen molar-refractivity contribution in [3.63, 3.8) is 0 Å². The lowest BCUT2D eigenvalue weighted by atomic mass is 10.1. The summed E-state index contributed by atoms with van der Waals surface area (Å²) >= 11 is 0. The van der Waals surface area contributed by atoms with E-state index in [1.54, 1.807) is 24.3 Å². The van der Waals surface area contributed by atoms with Gasteiger partial charge in [0, 0.05) is 37.4 Å². The molecule has 2 aliphatic heterocycles. The van der Waals surface area contributed by atoms with Crippen LogP contribution in [0.15, 0.2) is 42.5 Å². The molecule has 7 nitrogen and oxygen atoms in total. The Labute approximate surface area is 170 Å². The van der Waals surface area contributed by atoms with Crippen molar-refractivity contribution >= 4 is 23.0 Å². The topological polar surface area (TPSA) is 77.8 Å². The van der Waals surface area contributed by atoms with E-state index in [4.69, 9.17) is 14.7 Å². The van der Waals surface area contributed by atoms with E-state index in [1.165, 1.54) is 0 Å². The monoisotopic (exact) mass is 392 g/mol. The van der Waals surface area contributed by atoms with Gasteiger partial charge in [-0.05, 0) is 42.5 Å². The summed E-state index contributed by atoms with van der Waals surface area (Å²) in [6.07, 6.45) is 0. The first-order valence-electron chi connectivity index (χ1n) is 9.85. The van der Waals surface area contributed by atoms with Crippen molar-refractivity contribution in [3.05, 3.63) is 53.6 Å². The van der Waals surface area contributed by atoms with E-state index in [0.717, 1.165) is 56.5 Å². The van der Waals surface area contributed by atoms with Crippen molar-refractivity contribution in [2.45, 2.75) is 0 Å². The Morgan fingerprint density at radius 2 is 1.52 bits per heavy atom.